The summed E-state index contributed by atoms with van der Waals surface area (Å²) in [4.78, 5) is 34.8. The van der Waals surface area contributed by atoms with Gasteiger partial charge < -0.3 is 24.9 Å². The van der Waals surface area contributed by atoms with Gasteiger partial charge >= 0.3 is 13.5 Å². The molecule has 2 heterocycles. The van der Waals surface area contributed by atoms with E-state index in [9.17, 15) is 24.2 Å². The molecule has 0 aliphatic carbocycles. The molecular weight excluding hydrogens is 375 g/mol. The number of aliphatic hydroxyl groups excluding tert-OH is 3. The molecule has 0 saturated carbocycles. The van der Waals surface area contributed by atoms with Gasteiger partial charge in [-0.1, -0.05) is 0 Å². The molecule has 12 nitrogen and oxygen atoms in total. The van der Waals surface area contributed by atoms with Crippen LogP contribution in [0.4, 0.5) is 0 Å². The van der Waals surface area contributed by atoms with Crippen molar-refractivity contribution in [1.82, 2.24) is 9.55 Å². The van der Waals surface area contributed by atoms with E-state index in [0.29, 0.717) is 0 Å². The highest BCUT2D eigenvalue weighted by molar-refractivity contribution is 7.47. The lowest BCUT2D eigenvalue weighted by Gasteiger charge is -2.18. The Balaban J connectivity index is 1.97. The molecule has 2 rings (SSSR count). The van der Waals surface area contributed by atoms with Crippen molar-refractivity contribution in [1.29, 1.82) is 0 Å². The molecule has 148 valence electrons. The van der Waals surface area contributed by atoms with Crippen molar-refractivity contribution in [3.8, 4) is 0 Å². The van der Waals surface area contributed by atoms with Crippen LogP contribution in [0.15, 0.2) is 15.8 Å². The van der Waals surface area contributed by atoms with Crippen LogP contribution in [-0.2, 0) is 18.3 Å². The van der Waals surface area contributed by atoms with Crippen LogP contribution in [0.2, 0.25) is 0 Å². The zero-order chi connectivity index (χ0) is 19.5. The summed E-state index contributed by atoms with van der Waals surface area (Å²) in [5, 5.41) is 27.7. The highest BCUT2D eigenvalue weighted by Gasteiger charge is 2.37. The summed E-state index contributed by atoms with van der Waals surface area (Å²) < 4.78 is 27.4. The number of ether oxygens (including phenoxy) is 1. The van der Waals surface area contributed by atoms with Gasteiger partial charge in [-0.2, -0.15) is 0 Å². The minimum atomic E-state index is -4.53. The first-order valence-corrected chi connectivity index (χ1v) is 9.19. The van der Waals surface area contributed by atoms with Crippen molar-refractivity contribution in [2.75, 3.05) is 19.8 Å². The summed E-state index contributed by atoms with van der Waals surface area (Å²) in [6.07, 6.45) is -3.06. The Kier molecular flexibility index (Phi) is 6.88. The van der Waals surface area contributed by atoms with Crippen LogP contribution in [0.5, 0.6) is 0 Å². The lowest BCUT2D eigenvalue weighted by atomic mass is 10.2. The second kappa shape index (κ2) is 8.55. The molecule has 0 aromatic carbocycles. The van der Waals surface area contributed by atoms with Gasteiger partial charge in [0.2, 0.25) is 0 Å². The van der Waals surface area contributed by atoms with E-state index in [0.717, 1.165) is 4.57 Å². The Morgan fingerprint density at radius 3 is 2.81 bits per heavy atom. The molecule has 0 radical (unpaired) electrons. The number of aliphatic hydroxyl groups is 3. The van der Waals surface area contributed by atoms with Crippen molar-refractivity contribution >= 4 is 7.82 Å². The third kappa shape index (κ3) is 5.32. The van der Waals surface area contributed by atoms with Gasteiger partial charge in [0.25, 0.3) is 5.56 Å². The molecule has 13 heteroatoms. The molecule has 1 aliphatic rings. The van der Waals surface area contributed by atoms with Crippen LogP contribution in [0.25, 0.3) is 0 Å². The molecule has 5 atom stereocenters. The molecule has 26 heavy (non-hydrogen) atoms. The molecule has 0 spiro atoms. The molecule has 0 bridgehead atoms. The second-order valence-electron chi connectivity index (χ2n) is 5.81. The fraction of sp³-hybridized carbons (Fsp3) is 0.692. The zero-order valence-corrected chi connectivity index (χ0v) is 14.7. The number of H-pyrrole nitrogens is 1. The van der Waals surface area contributed by atoms with Crippen LogP contribution in [0.3, 0.4) is 0 Å². The fourth-order valence-electron chi connectivity index (χ4n) is 2.27. The van der Waals surface area contributed by atoms with E-state index >= 15 is 0 Å². The van der Waals surface area contributed by atoms with Crippen LogP contribution < -0.4 is 11.2 Å². The van der Waals surface area contributed by atoms with E-state index in [-0.39, 0.29) is 12.0 Å². The molecule has 1 fully saturated rings. The molecule has 2 unspecified atom stereocenters. The summed E-state index contributed by atoms with van der Waals surface area (Å²) in [5.74, 6) is 0. The maximum absolute atomic E-state index is 11.9. The first-order chi connectivity index (χ1) is 12.1. The number of phosphoric ester groups is 1. The Hall–Kier alpha value is -1.37. The first kappa shape index (κ1) is 20.9. The maximum atomic E-state index is 11.9. The second-order valence-corrected chi connectivity index (χ2v) is 7.26. The van der Waals surface area contributed by atoms with Crippen LogP contribution in [0, 0.1) is 6.92 Å². The van der Waals surface area contributed by atoms with Crippen molar-refractivity contribution in [2.24, 2.45) is 0 Å². The van der Waals surface area contributed by atoms with Crippen molar-refractivity contribution in [2.45, 2.75) is 37.9 Å². The maximum Gasteiger partial charge on any atom is 0.472 e. The number of phosphoric acid groups is 1. The first-order valence-electron chi connectivity index (χ1n) is 7.69. The van der Waals surface area contributed by atoms with Crippen molar-refractivity contribution in [3.05, 3.63) is 32.6 Å². The summed E-state index contributed by atoms with van der Waals surface area (Å²) >= 11 is 0. The number of rotatable bonds is 8. The van der Waals surface area contributed by atoms with Gasteiger partial charge in [-0.3, -0.25) is 23.4 Å². The van der Waals surface area contributed by atoms with E-state index < -0.39 is 63.4 Å². The average molecular weight is 396 g/mol. The average Bonchev–Trinajstić information content (AvgIpc) is 2.95. The third-order valence-corrected chi connectivity index (χ3v) is 4.65. The summed E-state index contributed by atoms with van der Waals surface area (Å²) in [6, 6.07) is 0. The minimum absolute atomic E-state index is 0.000763. The number of aromatic amines is 1. The molecule has 0 amide bonds. The largest absolute Gasteiger partial charge is 0.472 e. The van der Waals surface area contributed by atoms with Gasteiger partial charge in [-0.15, -0.1) is 0 Å². The minimum Gasteiger partial charge on any atom is -0.394 e. The lowest BCUT2D eigenvalue weighted by Crippen LogP contribution is -2.33. The Morgan fingerprint density at radius 2 is 2.15 bits per heavy atom. The number of aryl methyl sites for hydroxylation is 1. The Bertz CT molecular complexity index is 777. The fourth-order valence-corrected chi connectivity index (χ4v) is 3.04. The van der Waals surface area contributed by atoms with E-state index in [1.54, 1.807) is 0 Å². The van der Waals surface area contributed by atoms with Crippen LogP contribution >= 0.6 is 7.82 Å². The number of hydrogen-bond acceptors (Lipinski definition) is 9. The van der Waals surface area contributed by atoms with Crippen molar-refractivity contribution < 1.29 is 38.6 Å². The molecule has 1 aromatic rings. The summed E-state index contributed by atoms with van der Waals surface area (Å²) in [6.45, 7) is -0.287. The topological polar surface area (TPSA) is 181 Å². The zero-order valence-electron chi connectivity index (χ0n) is 13.8. The monoisotopic (exact) mass is 396 g/mol. The molecule has 1 saturated heterocycles. The molecule has 5 N–H and O–H groups in total. The third-order valence-electron chi connectivity index (χ3n) is 3.70. The van der Waals surface area contributed by atoms with Gasteiger partial charge in [0.1, 0.15) is 18.4 Å². The molecule has 1 aliphatic heterocycles. The van der Waals surface area contributed by atoms with Crippen LogP contribution in [-0.4, -0.2) is 67.9 Å². The number of nitrogens with one attached hydrogen (secondary N) is 1. The van der Waals surface area contributed by atoms with Gasteiger partial charge in [0.15, 0.2) is 0 Å². The highest BCUT2D eigenvalue weighted by atomic mass is 31.2. The van der Waals surface area contributed by atoms with Gasteiger partial charge in [0, 0.05) is 18.2 Å². The van der Waals surface area contributed by atoms with Crippen molar-refractivity contribution in [3.63, 3.8) is 0 Å². The quantitative estimate of drug-likeness (QED) is 0.308. The highest BCUT2D eigenvalue weighted by Crippen LogP contribution is 2.44. The van der Waals surface area contributed by atoms with Gasteiger partial charge in [-0.25, -0.2) is 9.36 Å². The normalized spacial score (nSPS) is 26.6. The SMILES string of the molecule is Cc1cn([C@H]2C[C@H](O)[C@@H](COP(=O)(O)OCC(O)CO)O2)c(=O)[nH]c1=O. The number of nitrogens with zero attached hydrogens (tertiary/aromatic N) is 1. The smallest absolute Gasteiger partial charge is 0.394 e. The predicted octanol–water partition coefficient (Wildman–Crippen LogP) is -2.02. The van der Waals surface area contributed by atoms with Gasteiger partial charge in [0.05, 0.1) is 25.9 Å². The Labute approximate surface area is 147 Å². The predicted molar refractivity (Wildman–Crippen MR) is 85.4 cm³/mol. The standard InChI is InChI=1S/C13H21N2O10P/c1-7-3-15(13(20)14-12(7)19)11-2-9(18)10(25-11)6-24-26(21,22)23-5-8(17)4-16/h3,8-11,16-18H,2,4-6H2,1H3,(H,21,22)(H,14,19,20)/t8?,9-,10+,11+/m0/s1. The summed E-state index contributed by atoms with van der Waals surface area (Å²) in [5.41, 5.74) is -0.972. The molecule has 1 aromatic heterocycles. The van der Waals surface area contributed by atoms with E-state index in [4.69, 9.17) is 19.5 Å². The van der Waals surface area contributed by atoms with Gasteiger partial charge in [-0.05, 0) is 6.92 Å². The summed E-state index contributed by atoms with van der Waals surface area (Å²) in [7, 11) is -4.53. The number of hydrogen-bond donors (Lipinski definition) is 5. The number of aromatic nitrogens is 2. The van der Waals surface area contributed by atoms with E-state index in [1.165, 1.54) is 13.1 Å². The van der Waals surface area contributed by atoms with E-state index in [1.807, 2.05) is 0 Å². The van der Waals surface area contributed by atoms with E-state index in [2.05, 4.69) is 9.51 Å². The Morgan fingerprint density at radius 1 is 1.46 bits per heavy atom. The molecular formula is C13H21N2O10P. The lowest BCUT2D eigenvalue weighted by molar-refractivity contribution is -0.0483. The van der Waals surface area contributed by atoms with Crippen LogP contribution in [0.1, 0.15) is 18.2 Å².